The van der Waals surface area contributed by atoms with Crippen LogP contribution >= 0.6 is 0 Å². The van der Waals surface area contributed by atoms with Gasteiger partial charge < -0.3 is 0 Å². The fourth-order valence-electron chi connectivity index (χ4n) is 1.46. The fraction of sp³-hybridized carbons (Fsp3) is 0.0769. The van der Waals surface area contributed by atoms with Gasteiger partial charge in [0.25, 0.3) is 0 Å². The Hall–Kier alpha value is -2.37. The number of aromatic nitrogens is 1. The number of anilines is 1. The highest BCUT2D eigenvalue weighted by molar-refractivity contribution is 5.82. The molecule has 3 nitrogen and oxygen atoms in total. The van der Waals surface area contributed by atoms with Gasteiger partial charge in [0.2, 0.25) is 0 Å². The average Bonchev–Trinajstić information content (AvgIpc) is 2.39. The molecule has 1 heterocycles. The zero-order valence-corrected chi connectivity index (χ0v) is 9.72. The van der Waals surface area contributed by atoms with Gasteiger partial charge in [-0.25, -0.2) is 4.98 Å². The summed E-state index contributed by atoms with van der Waals surface area (Å²) in [5.41, 5.74) is 1.84. The van der Waals surface area contributed by atoms with E-state index in [1.807, 2.05) is 0 Å². The minimum absolute atomic E-state index is 0.00145. The molecule has 0 saturated heterocycles. The van der Waals surface area contributed by atoms with Gasteiger partial charge in [0.05, 0.1) is 11.8 Å². The van der Waals surface area contributed by atoms with E-state index in [1.54, 1.807) is 24.4 Å². The summed E-state index contributed by atoms with van der Waals surface area (Å²) in [4.78, 5) is 3.93. The monoisotopic (exact) mass is 265 g/mol. The Morgan fingerprint density at radius 2 is 1.79 bits per heavy atom. The van der Waals surface area contributed by atoms with Crippen LogP contribution in [0.25, 0.3) is 0 Å². The number of benzene rings is 1. The van der Waals surface area contributed by atoms with Crippen molar-refractivity contribution in [3.8, 4) is 0 Å². The lowest BCUT2D eigenvalue weighted by molar-refractivity contribution is -0.137. The van der Waals surface area contributed by atoms with Gasteiger partial charge in [-0.05, 0) is 18.2 Å². The first-order valence-corrected chi connectivity index (χ1v) is 5.44. The SMILES string of the molecule is FC(F)(F)c1ccccc1/C=N/Nc1ccccn1. The molecule has 2 aromatic rings. The van der Waals surface area contributed by atoms with E-state index < -0.39 is 11.7 Å². The molecule has 2 rings (SSSR count). The van der Waals surface area contributed by atoms with Crippen LogP contribution in [-0.4, -0.2) is 11.2 Å². The van der Waals surface area contributed by atoms with E-state index in [1.165, 1.54) is 18.2 Å². The molecule has 6 heteroatoms. The summed E-state index contributed by atoms with van der Waals surface area (Å²) < 4.78 is 38.1. The van der Waals surface area contributed by atoms with Crippen molar-refractivity contribution in [1.82, 2.24) is 4.98 Å². The van der Waals surface area contributed by atoms with Crippen LogP contribution in [0, 0.1) is 0 Å². The Labute approximate surface area is 107 Å². The maximum absolute atomic E-state index is 12.7. The van der Waals surface area contributed by atoms with Gasteiger partial charge in [0.1, 0.15) is 5.82 Å². The van der Waals surface area contributed by atoms with Gasteiger partial charge in [-0.1, -0.05) is 24.3 Å². The van der Waals surface area contributed by atoms with Crippen LogP contribution in [0.5, 0.6) is 0 Å². The molecule has 19 heavy (non-hydrogen) atoms. The second kappa shape index (κ2) is 5.51. The minimum atomic E-state index is -4.40. The maximum atomic E-state index is 12.7. The summed E-state index contributed by atoms with van der Waals surface area (Å²) >= 11 is 0. The van der Waals surface area contributed by atoms with E-state index >= 15 is 0 Å². The van der Waals surface area contributed by atoms with Gasteiger partial charge in [0, 0.05) is 11.8 Å². The number of halogens is 3. The predicted molar refractivity (Wildman–Crippen MR) is 66.9 cm³/mol. The molecule has 0 bridgehead atoms. The summed E-state index contributed by atoms with van der Waals surface area (Å²) in [5, 5.41) is 3.75. The molecular formula is C13H10F3N3. The van der Waals surface area contributed by atoms with Crippen molar-refractivity contribution in [1.29, 1.82) is 0 Å². The highest BCUT2D eigenvalue weighted by Gasteiger charge is 2.32. The first-order valence-electron chi connectivity index (χ1n) is 5.44. The van der Waals surface area contributed by atoms with E-state index in [4.69, 9.17) is 0 Å². The Kier molecular flexibility index (Phi) is 3.79. The highest BCUT2D eigenvalue weighted by Crippen LogP contribution is 2.31. The van der Waals surface area contributed by atoms with Crippen molar-refractivity contribution >= 4 is 12.0 Å². The van der Waals surface area contributed by atoms with Crippen LogP contribution < -0.4 is 5.43 Å². The second-order valence-corrected chi connectivity index (χ2v) is 3.67. The normalized spacial score (nSPS) is 11.7. The van der Waals surface area contributed by atoms with E-state index in [2.05, 4.69) is 15.5 Å². The molecule has 0 aliphatic rings. The van der Waals surface area contributed by atoms with Crippen molar-refractivity contribution in [2.75, 3.05) is 5.43 Å². The Morgan fingerprint density at radius 3 is 2.47 bits per heavy atom. The molecule has 1 N–H and O–H groups in total. The Balaban J connectivity index is 2.16. The summed E-state index contributed by atoms with van der Waals surface area (Å²) in [6.07, 6.45) is -1.72. The third-order valence-corrected chi connectivity index (χ3v) is 2.31. The third kappa shape index (κ3) is 3.54. The number of nitrogens with zero attached hydrogens (tertiary/aromatic N) is 2. The lowest BCUT2D eigenvalue weighted by atomic mass is 10.1. The number of hydrogen-bond acceptors (Lipinski definition) is 3. The van der Waals surface area contributed by atoms with E-state index in [0.29, 0.717) is 5.82 Å². The van der Waals surface area contributed by atoms with Crippen molar-refractivity contribution < 1.29 is 13.2 Å². The molecule has 0 aliphatic heterocycles. The average molecular weight is 265 g/mol. The van der Waals surface area contributed by atoms with Crippen LogP contribution in [0.1, 0.15) is 11.1 Å². The molecular weight excluding hydrogens is 255 g/mol. The molecule has 1 aromatic heterocycles. The van der Waals surface area contributed by atoms with Crippen LogP contribution in [0.15, 0.2) is 53.8 Å². The Bertz CT molecular complexity index is 565. The van der Waals surface area contributed by atoms with Crippen molar-refractivity contribution in [2.45, 2.75) is 6.18 Å². The van der Waals surface area contributed by atoms with E-state index in [9.17, 15) is 13.2 Å². The first kappa shape index (κ1) is 13.1. The molecule has 0 atom stereocenters. The number of pyridine rings is 1. The smallest absolute Gasteiger partial charge is 0.261 e. The molecule has 0 fully saturated rings. The number of hydrogen-bond donors (Lipinski definition) is 1. The molecule has 0 amide bonds. The number of rotatable bonds is 3. The summed E-state index contributed by atoms with van der Waals surface area (Å²) in [6.45, 7) is 0. The fourth-order valence-corrected chi connectivity index (χ4v) is 1.46. The number of hydrazone groups is 1. The highest BCUT2D eigenvalue weighted by atomic mass is 19.4. The van der Waals surface area contributed by atoms with Gasteiger partial charge in [-0.2, -0.15) is 18.3 Å². The molecule has 0 saturated carbocycles. The van der Waals surface area contributed by atoms with Crippen LogP contribution in [0.2, 0.25) is 0 Å². The zero-order valence-electron chi connectivity index (χ0n) is 9.72. The summed E-state index contributed by atoms with van der Waals surface area (Å²) in [5.74, 6) is 0.461. The largest absolute Gasteiger partial charge is 0.417 e. The lowest BCUT2D eigenvalue weighted by Gasteiger charge is -2.09. The summed E-state index contributed by atoms with van der Waals surface area (Å²) in [7, 11) is 0. The van der Waals surface area contributed by atoms with E-state index in [0.717, 1.165) is 12.3 Å². The predicted octanol–water partition coefficient (Wildman–Crippen LogP) is 3.55. The van der Waals surface area contributed by atoms with Crippen LogP contribution in [0.3, 0.4) is 0 Å². The Morgan fingerprint density at radius 1 is 1.05 bits per heavy atom. The maximum Gasteiger partial charge on any atom is 0.417 e. The second-order valence-electron chi connectivity index (χ2n) is 3.67. The van der Waals surface area contributed by atoms with Gasteiger partial charge in [-0.15, -0.1) is 0 Å². The van der Waals surface area contributed by atoms with Gasteiger partial charge in [0.15, 0.2) is 0 Å². The van der Waals surface area contributed by atoms with Crippen LogP contribution in [-0.2, 0) is 6.18 Å². The minimum Gasteiger partial charge on any atom is -0.261 e. The lowest BCUT2D eigenvalue weighted by Crippen LogP contribution is -2.08. The molecule has 0 spiro atoms. The molecule has 0 radical (unpaired) electrons. The standard InChI is InChI=1S/C13H10F3N3/c14-13(15,16)11-6-2-1-5-10(11)9-18-19-12-7-3-4-8-17-12/h1-9H,(H,17,19)/b18-9+. The van der Waals surface area contributed by atoms with Crippen molar-refractivity contribution in [3.05, 3.63) is 59.8 Å². The first-order chi connectivity index (χ1) is 9.07. The quantitative estimate of drug-likeness (QED) is 0.680. The van der Waals surface area contributed by atoms with Crippen molar-refractivity contribution in [3.63, 3.8) is 0 Å². The topological polar surface area (TPSA) is 37.3 Å². The summed E-state index contributed by atoms with van der Waals surface area (Å²) in [6, 6.07) is 10.4. The molecule has 1 aromatic carbocycles. The van der Waals surface area contributed by atoms with Gasteiger partial charge in [-0.3, -0.25) is 5.43 Å². The number of alkyl halides is 3. The molecule has 0 unspecified atom stereocenters. The third-order valence-electron chi connectivity index (χ3n) is 2.31. The molecule has 98 valence electrons. The van der Waals surface area contributed by atoms with Crippen molar-refractivity contribution in [2.24, 2.45) is 5.10 Å². The zero-order chi connectivity index (χ0) is 13.7. The molecule has 0 aliphatic carbocycles. The number of nitrogens with one attached hydrogen (secondary N) is 1. The van der Waals surface area contributed by atoms with E-state index in [-0.39, 0.29) is 5.56 Å². The van der Waals surface area contributed by atoms with Gasteiger partial charge >= 0.3 is 6.18 Å². The van der Waals surface area contributed by atoms with Crippen LogP contribution in [0.4, 0.5) is 19.0 Å².